The van der Waals surface area contributed by atoms with Crippen LogP contribution in [0.25, 0.3) is 6.08 Å². The van der Waals surface area contributed by atoms with Crippen molar-refractivity contribution < 1.29 is 43.5 Å². The summed E-state index contributed by atoms with van der Waals surface area (Å²) >= 11 is 0. The smallest absolute Gasteiger partial charge is 0.342 e. The molecule has 3 aromatic rings. The average molecular weight is 708 g/mol. The molecule has 0 saturated carbocycles. The van der Waals surface area contributed by atoms with Gasteiger partial charge in [0, 0.05) is 56.6 Å². The standard InChI is InChI=1S/C37H45N3O11/c1-21-11-10-14-25(41)13-9-7-8-12-22-15-27(42)33(34(45)32(22)36(46)51-21)26(23-16-28(48-4)35(50-6)29(17-23)49-5)19-30(43)38-20-24-18-31(44)40(3)37(47)39(24)2/h8,12,15-18,21,26,42,45H,7,9-11,13-14,19-20H2,1-6H3,(H,38,43). The van der Waals surface area contributed by atoms with E-state index in [1.54, 1.807) is 31.2 Å². The van der Waals surface area contributed by atoms with E-state index in [4.69, 9.17) is 18.9 Å². The predicted octanol–water partition coefficient (Wildman–Crippen LogP) is 3.84. The van der Waals surface area contributed by atoms with Gasteiger partial charge in [-0.05, 0) is 61.9 Å². The Labute approximate surface area is 295 Å². The first-order valence-corrected chi connectivity index (χ1v) is 16.6. The van der Waals surface area contributed by atoms with Gasteiger partial charge in [0.05, 0.1) is 34.0 Å². The zero-order valence-electron chi connectivity index (χ0n) is 29.7. The molecule has 2 unspecified atom stereocenters. The fourth-order valence-corrected chi connectivity index (χ4v) is 6.10. The molecule has 51 heavy (non-hydrogen) atoms. The maximum atomic E-state index is 13.7. The maximum absolute atomic E-state index is 13.7. The monoisotopic (exact) mass is 707 g/mol. The van der Waals surface area contributed by atoms with Crippen LogP contribution in [-0.4, -0.2) is 64.4 Å². The quantitative estimate of drug-likeness (QED) is 0.275. The molecule has 0 fully saturated rings. The van der Waals surface area contributed by atoms with Crippen LogP contribution in [0.1, 0.15) is 90.5 Å². The number of aromatic hydroxyl groups is 2. The summed E-state index contributed by atoms with van der Waals surface area (Å²) in [5.41, 5.74) is -0.642. The number of rotatable bonds is 9. The molecule has 1 aliphatic heterocycles. The van der Waals surface area contributed by atoms with Gasteiger partial charge in [-0.2, -0.15) is 0 Å². The van der Waals surface area contributed by atoms with Crippen molar-refractivity contribution in [3.8, 4) is 28.7 Å². The van der Waals surface area contributed by atoms with E-state index in [0.29, 0.717) is 44.1 Å². The third kappa shape index (κ3) is 8.80. The van der Waals surface area contributed by atoms with E-state index in [1.807, 2.05) is 0 Å². The highest BCUT2D eigenvalue weighted by atomic mass is 16.5. The van der Waals surface area contributed by atoms with Crippen LogP contribution < -0.4 is 30.8 Å². The van der Waals surface area contributed by atoms with Crippen molar-refractivity contribution in [3.63, 3.8) is 0 Å². The highest BCUT2D eigenvalue weighted by Crippen LogP contribution is 2.47. The third-order valence-electron chi connectivity index (χ3n) is 8.97. The molecule has 1 aromatic heterocycles. The number of allylic oxidation sites excluding steroid dienone is 1. The van der Waals surface area contributed by atoms with Crippen LogP contribution in [0, 0.1) is 0 Å². The van der Waals surface area contributed by atoms with Crippen molar-refractivity contribution in [1.29, 1.82) is 0 Å². The number of benzene rings is 2. The Morgan fingerprint density at radius 2 is 1.63 bits per heavy atom. The molecule has 1 aliphatic rings. The number of esters is 1. The summed E-state index contributed by atoms with van der Waals surface area (Å²) < 4.78 is 24.5. The Morgan fingerprint density at radius 3 is 2.27 bits per heavy atom. The lowest BCUT2D eigenvalue weighted by molar-refractivity contribution is -0.121. The Morgan fingerprint density at radius 1 is 0.961 bits per heavy atom. The van der Waals surface area contributed by atoms with Gasteiger partial charge >= 0.3 is 11.7 Å². The van der Waals surface area contributed by atoms with Crippen LogP contribution in [0.5, 0.6) is 28.7 Å². The molecule has 2 atom stereocenters. The van der Waals surface area contributed by atoms with Gasteiger partial charge in [0.2, 0.25) is 11.7 Å². The lowest BCUT2D eigenvalue weighted by Gasteiger charge is -2.24. The number of ether oxygens (including phenoxy) is 4. The molecule has 0 aliphatic carbocycles. The zero-order chi connectivity index (χ0) is 37.4. The highest BCUT2D eigenvalue weighted by molar-refractivity contribution is 5.98. The van der Waals surface area contributed by atoms with Gasteiger partial charge in [-0.3, -0.25) is 23.5 Å². The molecule has 0 saturated heterocycles. The average Bonchev–Trinajstić information content (AvgIpc) is 3.09. The summed E-state index contributed by atoms with van der Waals surface area (Å²) in [5, 5.41) is 26.2. The topological polar surface area (TPSA) is 185 Å². The van der Waals surface area contributed by atoms with Gasteiger partial charge in [0.15, 0.2) is 11.5 Å². The van der Waals surface area contributed by atoms with Crippen LogP contribution in [0.4, 0.5) is 0 Å². The molecule has 14 heteroatoms. The fraction of sp³-hybridized carbons (Fsp3) is 0.432. The number of hydrogen-bond acceptors (Lipinski definition) is 11. The second-order valence-electron chi connectivity index (χ2n) is 12.4. The van der Waals surface area contributed by atoms with Gasteiger partial charge in [0.25, 0.3) is 5.56 Å². The van der Waals surface area contributed by atoms with E-state index in [1.165, 1.54) is 52.1 Å². The number of phenolic OH excluding ortho intramolecular Hbond substituents is 2. The highest BCUT2D eigenvalue weighted by Gasteiger charge is 2.32. The van der Waals surface area contributed by atoms with Gasteiger partial charge < -0.3 is 34.5 Å². The van der Waals surface area contributed by atoms with Crippen LogP contribution in [0.3, 0.4) is 0 Å². The van der Waals surface area contributed by atoms with Crippen LogP contribution in [0.15, 0.2) is 39.9 Å². The van der Waals surface area contributed by atoms with Crippen molar-refractivity contribution >= 4 is 23.7 Å². The molecule has 274 valence electrons. The molecule has 2 aromatic carbocycles. The minimum atomic E-state index is -1.11. The second-order valence-corrected chi connectivity index (χ2v) is 12.4. The van der Waals surface area contributed by atoms with Crippen molar-refractivity contribution in [2.75, 3.05) is 21.3 Å². The van der Waals surface area contributed by atoms with E-state index in [-0.39, 0.29) is 58.4 Å². The fourth-order valence-electron chi connectivity index (χ4n) is 6.10. The van der Waals surface area contributed by atoms with E-state index in [9.17, 15) is 34.2 Å². The van der Waals surface area contributed by atoms with Crippen LogP contribution in [-0.2, 0) is 35.0 Å². The van der Waals surface area contributed by atoms with Crippen molar-refractivity contribution in [1.82, 2.24) is 14.5 Å². The van der Waals surface area contributed by atoms with E-state index >= 15 is 0 Å². The second kappa shape index (κ2) is 16.9. The molecule has 14 nitrogen and oxygen atoms in total. The first kappa shape index (κ1) is 38.3. The lowest BCUT2D eigenvalue weighted by Crippen LogP contribution is -2.39. The van der Waals surface area contributed by atoms with Crippen LogP contribution in [0.2, 0.25) is 0 Å². The molecule has 2 heterocycles. The summed E-state index contributed by atoms with van der Waals surface area (Å²) in [5.74, 6) is -2.65. The molecule has 0 radical (unpaired) electrons. The summed E-state index contributed by atoms with van der Waals surface area (Å²) in [6.07, 6.45) is 5.25. The maximum Gasteiger partial charge on any atom is 0.342 e. The number of aromatic nitrogens is 2. The number of phenols is 2. The SMILES string of the molecule is COc1cc(C(CC(=O)NCc2cc(=O)n(C)c(=O)n2C)c2c(O)cc3c(c2O)C(=O)OC(C)CCCC(=O)CCCC=C3)cc(OC)c1OC. The summed E-state index contributed by atoms with van der Waals surface area (Å²) in [6.45, 7) is 1.52. The molecule has 4 rings (SSSR count). The largest absolute Gasteiger partial charge is 0.507 e. The van der Waals surface area contributed by atoms with E-state index < -0.39 is 46.6 Å². The molecule has 0 bridgehead atoms. The number of carbonyl (C=O) groups excluding carboxylic acids is 3. The van der Waals surface area contributed by atoms with Crippen molar-refractivity contribution in [2.45, 2.75) is 70.4 Å². The Balaban J connectivity index is 1.85. The number of nitrogens with zero attached hydrogens (tertiary/aromatic N) is 2. The Hall–Kier alpha value is -5.53. The first-order valence-electron chi connectivity index (χ1n) is 16.6. The van der Waals surface area contributed by atoms with Crippen molar-refractivity contribution in [2.24, 2.45) is 14.1 Å². The van der Waals surface area contributed by atoms with Crippen LogP contribution >= 0.6 is 0 Å². The van der Waals surface area contributed by atoms with E-state index in [0.717, 1.165) is 4.57 Å². The number of hydrogen-bond donors (Lipinski definition) is 3. The van der Waals surface area contributed by atoms with Gasteiger partial charge in [-0.25, -0.2) is 9.59 Å². The molecular formula is C37H45N3O11. The zero-order valence-corrected chi connectivity index (χ0v) is 29.7. The predicted molar refractivity (Wildman–Crippen MR) is 188 cm³/mol. The number of fused-ring (bicyclic) bond motifs is 1. The number of ketones is 1. The molecule has 3 N–H and O–H groups in total. The first-order chi connectivity index (χ1) is 24.3. The Bertz CT molecular complexity index is 1920. The number of cyclic esters (lactones) is 1. The van der Waals surface area contributed by atoms with Gasteiger partial charge in [-0.1, -0.05) is 12.2 Å². The molecule has 1 amide bonds. The number of methoxy groups -OCH3 is 3. The molecular weight excluding hydrogens is 662 g/mol. The minimum Gasteiger partial charge on any atom is -0.507 e. The van der Waals surface area contributed by atoms with Gasteiger partial charge in [-0.15, -0.1) is 0 Å². The lowest BCUT2D eigenvalue weighted by atomic mass is 9.84. The summed E-state index contributed by atoms with van der Waals surface area (Å²) in [7, 11) is 7.08. The molecule has 0 spiro atoms. The van der Waals surface area contributed by atoms with E-state index in [2.05, 4.69) is 5.32 Å². The normalized spacial score (nSPS) is 16.0. The Kier molecular flexibility index (Phi) is 12.7. The van der Waals surface area contributed by atoms with Crippen molar-refractivity contribution in [3.05, 3.63) is 79.1 Å². The number of amides is 1. The summed E-state index contributed by atoms with van der Waals surface area (Å²) in [6, 6.07) is 5.69. The minimum absolute atomic E-state index is 0.135. The number of Topliss-reactive ketones (excluding diaryl/α,β-unsaturated/α-hetero) is 1. The van der Waals surface area contributed by atoms with Gasteiger partial charge in [0.1, 0.15) is 22.8 Å². The third-order valence-corrected chi connectivity index (χ3v) is 8.97. The summed E-state index contributed by atoms with van der Waals surface area (Å²) in [4.78, 5) is 64.3. The number of carbonyl (C=O) groups is 3. The number of nitrogens with one attached hydrogen (secondary N) is 1.